The van der Waals surface area contributed by atoms with Crippen LogP contribution in [0.1, 0.15) is 19.4 Å². The number of carbonyl (C=O) groups is 1. The molecule has 0 saturated carbocycles. The van der Waals surface area contributed by atoms with E-state index >= 15 is 0 Å². The molecule has 0 bridgehead atoms. The summed E-state index contributed by atoms with van der Waals surface area (Å²) in [4.78, 5) is 12.6. The van der Waals surface area contributed by atoms with E-state index in [-0.39, 0.29) is 18.3 Å². The first-order chi connectivity index (χ1) is 11.9. The highest BCUT2D eigenvalue weighted by atomic mass is 79.9. The number of hydrogen-bond acceptors (Lipinski definition) is 3. The molecule has 1 aromatic carbocycles. The molecule has 0 saturated heterocycles. The second-order valence-electron chi connectivity index (χ2n) is 6.11. The fourth-order valence-corrected chi connectivity index (χ4v) is 2.58. The lowest BCUT2D eigenvalue weighted by molar-refractivity contribution is -0.123. The van der Waals surface area contributed by atoms with Gasteiger partial charge in [-0.3, -0.25) is 14.2 Å². The molecule has 130 valence electrons. The summed E-state index contributed by atoms with van der Waals surface area (Å²) in [5, 5.41) is 11.2. The number of hydrogen-bond donors (Lipinski definition) is 1. The minimum absolute atomic E-state index is 0.251. The lowest BCUT2D eigenvalue weighted by atomic mass is 10.1. The SMILES string of the molecule is CC(C)(C(=O)Nc1ccn(Cc2ccccc2F)n1)n1cc(Br)cn1. The number of rotatable bonds is 5. The van der Waals surface area contributed by atoms with Gasteiger partial charge in [0.25, 0.3) is 5.91 Å². The number of nitrogens with one attached hydrogen (secondary N) is 1. The van der Waals surface area contributed by atoms with Crippen LogP contribution in [0.4, 0.5) is 10.2 Å². The van der Waals surface area contributed by atoms with Crippen molar-refractivity contribution in [1.29, 1.82) is 0 Å². The Morgan fingerprint density at radius 3 is 2.76 bits per heavy atom. The highest BCUT2D eigenvalue weighted by molar-refractivity contribution is 9.10. The zero-order valence-corrected chi connectivity index (χ0v) is 15.4. The van der Waals surface area contributed by atoms with Gasteiger partial charge in [0.2, 0.25) is 0 Å². The molecule has 0 atom stereocenters. The predicted molar refractivity (Wildman–Crippen MR) is 95.6 cm³/mol. The van der Waals surface area contributed by atoms with Gasteiger partial charge in [-0.2, -0.15) is 10.2 Å². The quantitative estimate of drug-likeness (QED) is 0.707. The fourth-order valence-electron chi connectivity index (χ4n) is 2.30. The molecular formula is C17H17BrFN5O. The number of benzene rings is 1. The molecule has 0 aliphatic rings. The van der Waals surface area contributed by atoms with Crippen LogP contribution in [0.5, 0.6) is 0 Å². The molecule has 8 heteroatoms. The van der Waals surface area contributed by atoms with Crippen LogP contribution in [0.2, 0.25) is 0 Å². The summed E-state index contributed by atoms with van der Waals surface area (Å²) in [6.45, 7) is 3.81. The van der Waals surface area contributed by atoms with E-state index in [0.29, 0.717) is 11.4 Å². The van der Waals surface area contributed by atoms with Gasteiger partial charge in [0.05, 0.1) is 17.2 Å². The molecule has 2 heterocycles. The second-order valence-corrected chi connectivity index (χ2v) is 7.02. The number of halogens is 2. The van der Waals surface area contributed by atoms with E-state index in [1.807, 2.05) is 0 Å². The van der Waals surface area contributed by atoms with Gasteiger partial charge >= 0.3 is 0 Å². The summed E-state index contributed by atoms with van der Waals surface area (Å²) in [6, 6.07) is 8.20. The van der Waals surface area contributed by atoms with Gasteiger partial charge in [0, 0.05) is 24.0 Å². The van der Waals surface area contributed by atoms with Crippen LogP contribution in [0.25, 0.3) is 0 Å². The predicted octanol–water partition coefficient (Wildman–Crippen LogP) is 3.40. The minimum Gasteiger partial charge on any atom is -0.307 e. The Kier molecular flexibility index (Phi) is 4.71. The average molecular weight is 406 g/mol. The third-order valence-corrected chi connectivity index (χ3v) is 4.26. The Bertz CT molecular complexity index is 902. The number of anilines is 1. The monoisotopic (exact) mass is 405 g/mol. The minimum atomic E-state index is -0.888. The number of carbonyl (C=O) groups excluding carboxylic acids is 1. The maximum absolute atomic E-state index is 13.7. The third kappa shape index (κ3) is 3.79. The highest BCUT2D eigenvalue weighted by Crippen LogP contribution is 2.20. The molecule has 0 spiro atoms. The van der Waals surface area contributed by atoms with E-state index < -0.39 is 5.54 Å². The van der Waals surface area contributed by atoms with Crippen LogP contribution >= 0.6 is 15.9 Å². The van der Waals surface area contributed by atoms with Crippen LogP contribution < -0.4 is 5.32 Å². The molecule has 25 heavy (non-hydrogen) atoms. The molecule has 0 aliphatic heterocycles. The first-order valence-electron chi connectivity index (χ1n) is 7.65. The molecule has 2 aromatic heterocycles. The maximum Gasteiger partial charge on any atom is 0.252 e. The summed E-state index contributed by atoms with van der Waals surface area (Å²) in [5.74, 6) is -0.131. The highest BCUT2D eigenvalue weighted by Gasteiger charge is 2.31. The van der Waals surface area contributed by atoms with Gasteiger partial charge < -0.3 is 5.32 Å². The van der Waals surface area contributed by atoms with Crippen molar-refractivity contribution in [3.63, 3.8) is 0 Å². The molecular weight excluding hydrogens is 389 g/mol. The molecule has 0 unspecified atom stereocenters. The van der Waals surface area contributed by atoms with Gasteiger partial charge in [-0.15, -0.1) is 0 Å². The Labute approximate surface area is 152 Å². The number of nitrogens with zero attached hydrogens (tertiary/aromatic N) is 4. The molecule has 1 amide bonds. The molecule has 0 radical (unpaired) electrons. The Hall–Kier alpha value is -2.48. The summed E-state index contributed by atoms with van der Waals surface area (Å²) >= 11 is 3.32. The van der Waals surface area contributed by atoms with Gasteiger partial charge in [-0.1, -0.05) is 18.2 Å². The van der Waals surface area contributed by atoms with E-state index in [4.69, 9.17) is 0 Å². The normalized spacial score (nSPS) is 11.5. The zero-order chi connectivity index (χ0) is 18.0. The molecule has 0 aliphatic carbocycles. The summed E-state index contributed by atoms with van der Waals surface area (Å²) in [7, 11) is 0. The summed E-state index contributed by atoms with van der Waals surface area (Å²) in [5.41, 5.74) is -0.355. The first kappa shape index (κ1) is 17.3. The van der Waals surface area contributed by atoms with Crippen molar-refractivity contribution >= 4 is 27.7 Å². The van der Waals surface area contributed by atoms with E-state index in [9.17, 15) is 9.18 Å². The van der Waals surface area contributed by atoms with E-state index in [2.05, 4.69) is 31.4 Å². The van der Waals surface area contributed by atoms with Crippen molar-refractivity contribution in [1.82, 2.24) is 19.6 Å². The van der Waals surface area contributed by atoms with Crippen molar-refractivity contribution in [2.24, 2.45) is 0 Å². The molecule has 0 fully saturated rings. The van der Waals surface area contributed by atoms with Gasteiger partial charge in [-0.05, 0) is 35.8 Å². The Morgan fingerprint density at radius 1 is 1.32 bits per heavy atom. The van der Waals surface area contributed by atoms with Crippen molar-refractivity contribution in [3.8, 4) is 0 Å². The standard InChI is InChI=1S/C17H17BrFN5O/c1-17(2,24-11-13(18)9-20-24)16(25)21-15-7-8-23(22-15)10-12-5-3-4-6-14(12)19/h3-9,11H,10H2,1-2H3,(H,21,22,25). The second kappa shape index (κ2) is 6.79. The summed E-state index contributed by atoms with van der Waals surface area (Å²) < 4.78 is 17.7. The smallest absolute Gasteiger partial charge is 0.252 e. The van der Waals surface area contributed by atoms with Crippen molar-refractivity contribution in [3.05, 3.63) is 64.8 Å². The fraction of sp³-hybridized carbons (Fsp3) is 0.235. The van der Waals surface area contributed by atoms with E-state index in [1.54, 1.807) is 66.1 Å². The Morgan fingerprint density at radius 2 is 2.08 bits per heavy atom. The molecule has 6 nitrogen and oxygen atoms in total. The van der Waals surface area contributed by atoms with E-state index in [1.165, 1.54) is 6.07 Å². The van der Waals surface area contributed by atoms with Gasteiger partial charge in [0.1, 0.15) is 11.4 Å². The lowest BCUT2D eigenvalue weighted by Crippen LogP contribution is -2.40. The molecule has 3 rings (SSSR count). The largest absolute Gasteiger partial charge is 0.307 e. The average Bonchev–Trinajstić information content (AvgIpc) is 3.19. The third-order valence-electron chi connectivity index (χ3n) is 3.85. The summed E-state index contributed by atoms with van der Waals surface area (Å²) in [6.07, 6.45) is 5.05. The first-order valence-corrected chi connectivity index (χ1v) is 8.44. The van der Waals surface area contributed by atoms with Crippen molar-refractivity contribution < 1.29 is 9.18 Å². The van der Waals surface area contributed by atoms with Crippen LogP contribution in [-0.2, 0) is 16.9 Å². The zero-order valence-electron chi connectivity index (χ0n) is 13.8. The van der Waals surface area contributed by atoms with Crippen LogP contribution in [0.15, 0.2) is 53.4 Å². The molecule has 3 aromatic rings. The van der Waals surface area contributed by atoms with Crippen LogP contribution in [-0.4, -0.2) is 25.5 Å². The van der Waals surface area contributed by atoms with Gasteiger partial charge in [0.15, 0.2) is 5.82 Å². The topological polar surface area (TPSA) is 64.7 Å². The Balaban J connectivity index is 1.71. The number of aromatic nitrogens is 4. The van der Waals surface area contributed by atoms with Gasteiger partial charge in [-0.25, -0.2) is 4.39 Å². The van der Waals surface area contributed by atoms with Crippen molar-refractivity contribution in [2.75, 3.05) is 5.32 Å². The van der Waals surface area contributed by atoms with Crippen LogP contribution in [0, 0.1) is 5.82 Å². The molecule has 1 N–H and O–H groups in total. The maximum atomic E-state index is 13.7. The van der Waals surface area contributed by atoms with Crippen molar-refractivity contribution in [2.45, 2.75) is 25.9 Å². The van der Waals surface area contributed by atoms with Crippen LogP contribution in [0.3, 0.4) is 0 Å². The number of amides is 1. The lowest BCUT2D eigenvalue weighted by Gasteiger charge is -2.23. The van der Waals surface area contributed by atoms with E-state index in [0.717, 1.165) is 4.47 Å².